The molecule has 19 heavy (non-hydrogen) atoms. The van der Waals surface area contributed by atoms with E-state index in [9.17, 15) is 4.79 Å². The summed E-state index contributed by atoms with van der Waals surface area (Å²) in [7, 11) is 0. The van der Waals surface area contributed by atoms with Crippen LogP contribution in [0.15, 0.2) is 41.1 Å². The van der Waals surface area contributed by atoms with Crippen molar-refractivity contribution in [1.82, 2.24) is 5.27 Å². The lowest BCUT2D eigenvalue weighted by Gasteiger charge is -2.08. The molecule has 1 aromatic heterocycles. The van der Waals surface area contributed by atoms with E-state index in [-0.39, 0.29) is 24.3 Å². The Morgan fingerprint density at radius 2 is 2.21 bits per heavy atom. The van der Waals surface area contributed by atoms with Gasteiger partial charge < -0.3 is 10.5 Å². The van der Waals surface area contributed by atoms with Crippen molar-refractivity contribution < 1.29 is 18.7 Å². The zero-order valence-electron chi connectivity index (χ0n) is 10.7. The number of hydrogen-bond acceptors (Lipinski definition) is 5. The molecule has 0 radical (unpaired) electrons. The minimum absolute atomic E-state index is 0.175. The Kier molecular flexibility index (Phi) is 4.12. The Hall–Kier alpha value is -2.37. The van der Waals surface area contributed by atoms with Gasteiger partial charge in [0.1, 0.15) is 6.42 Å². The van der Waals surface area contributed by atoms with E-state index >= 15 is 0 Å². The number of aromatic nitrogens is 2. The number of nitrogens with zero attached hydrogens (tertiary/aromatic N) is 2. The molecule has 6 heteroatoms. The summed E-state index contributed by atoms with van der Waals surface area (Å²) < 4.78 is 11.4. The Morgan fingerprint density at radius 1 is 1.47 bits per heavy atom. The Balaban J connectivity index is 2.26. The minimum Gasteiger partial charge on any atom is -0.466 e. The fraction of sp³-hybridized carbons (Fsp3) is 0.308. The second kappa shape index (κ2) is 5.99. The fourth-order valence-corrected chi connectivity index (χ4v) is 1.84. The van der Waals surface area contributed by atoms with E-state index in [4.69, 9.17) is 15.0 Å². The van der Waals surface area contributed by atoms with Gasteiger partial charge in [-0.15, -0.1) is 0 Å². The second-order valence-electron chi connectivity index (χ2n) is 4.02. The van der Waals surface area contributed by atoms with Gasteiger partial charge in [0.15, 0.2) is 0 Å². The van der Waals surface area contributed by atoms with E-state index < -0.39 is 0 Å². The third-order valence-corrected chi connectivity index (χ3v) is 2.67. The molecular weight excluding hydrogens is 246 g/mol. The van der Waals surface area contributed by atoms with Crippen molar-refractivity contribution in [3.05, 3.63) is 42.1 Å². The molecule has 6 nitrogen and oxygen atoms in total. The maximum atomic E-state index is 11.7. The smallest absolute Gasteiger partial charge is 0.313 e. The number of ether oxygens (including phenoxy) is 1. The van der Waals surface area contributed by atoms with Gasteiger partial charge in [0.05, 0.1) is 6.61 Å². The Morgan fingerprint density at radius 3 is 2.79 bits per heavy atom. The van der Waals surface area contributed by atoms with E-state index in [1.165, 1.54) is 4.68 Å². The van der Waals surface area contributed by atoms with Crippen LogP contribution >= 0.6 is 0 Å². The number of hydrogen-bond donors (Lipinski definition) is 1. The molecule has 0 fully saturated rings. The standard InChI is InChI=1S/C13H16N3O3/c1-2-18-13(17)8-11(10-6-4-3-5-7-10)16-9-12(14)19-15-16/h3-7,9,11H,2,8,14H2,1H3/q+1. The van der Waals surface area contributed by atoms with Crippen LogP contribution in [0.1, 0.15) is 24.9 Å². The van der Waals surface area contributed by atoms with Crippen molar-refractivity contribution in [2.75, 3.05) is 12.3 Å². The molecule has 1 heterocycles. The minimum atomic E-state index is -0.290. The van der Waals surface area contributed by atoms with Gasteiger partial charge in [-0.05, 0) is 11.6 Å². The van der Waals surface area contributed by atoms with Gasteiger partial charge in [0.25, 0.3) is 12.1 Å². The Labute approximate surface area is 110 Å². The van der Waals surface area contributed by atoms with E-state index in [1.54, 1.807) is 13.1 Å². The lowest BCUT2D eigenvalue weighted by atomic mass is 10.0. The highest BCUT2D eigenvalue weighted by atomic mass is 16.5. The van der Waals surface area contributed by atoms with Crippen LogP contribution in [0, 0.1) is 0 Å². The average molecular weight is 262 g/mol. The van der Waals surface area contributed by atoms with Crippen molar-refractivity contribution in [2.45, 2.75) is 19.4 Å². The molecule has 0 saturated carbocycles. The first kappa shape index (κ1) is 13.1. The average Bonchev–Trinajstić information content (AvgIpc) is 2.84. The SMILES string of the molecule is CCOC(=O)CC(c1ccccc1)[n+]1cc(N)on1. The second-order valence-corrected chi connectivity index (χ2v) is 4.02. The lowest BCUT2D eigenvalue weighted by Crippen LogP contribution is -2.42. The molecule has 2 rings (SSSR count). The van der Waals surface area contributed by atoms with Crippen LogP contribution in [0.3, 0.4) is 0 Å². The van der Waals surface area contributed by atoms with Crippen LogP contribution in [0.2, 0.25) is 0 Å². The monoisotopic (exact) mass is 262 g/mol. The summed E-state index contributed by atoms with van der Waals surface area (Å²) >= 11 is 0. The van der Waals surface area contributed by atoms with Crippen molar-refractivity contribution in [1.29, 1.82) is 0 Å². The van der Waals surface area contributed by atoms with Crippen molar-refractivity contribution in [2.24, 2.45) is 0 Å². The van der Waals surface area contributed by atoms with Crippen LogP contribution in [-0.2, 0) is 9.53 Å². The van der Waals surface area contributed by atoms with Gasteiger partial charge in [-0.25, -0.2) is 0 Å². The number of nitrogens with two attached hydrogens (primary N) is 1. The van der Waals surface area contributed by atoms with Gasteiger partial charge in [-0.3, -0.25) is 9.32 Å². The number of anilines is 1. The number of esters is 1. The molecule has 2 N–H and O–H groups in total. The summed E-state index contributed by atoms with van der Waals surface area (Å²) in [5, 5.41) is 3.81. The van der Waals surface area contributed by atoms with Crippen molar-refractivity contribution in [3.8, 4) is 0 Å². The molecule has 0 aliphatic rings. The highest BCUT2D eigenvalue weighted by Crippen LogP contribution is 2.17. The molecule has 1 unspecified atom stereocenters. The molecule has 0 saturated heterocycles. The number of nitrogen functional groups attached to an aromatic ring is 1. The van der Waals surface area contributed by atoms with Gasteiger partial charge in [0.2, 0.25) is 11.3 Å². The molecule has 0 aliphatic heterocycles. The van der Waals surface area contributed by atoms with Gasteiger partial charge in [0, 0.05) is 5.56 Å². The highest BCUT2D eigenvalue weighted by molar-refractivity contribution is 5.70. The first-order valence-corrected chi connectivity index (χ1v) is 6.05. The molecule has 0 aliphatic carbocycles. The number of carbonyl (C=O) groups excluding carboxylic acids is 1. The third-order valence-electron chi connectivity index (χ3n) is 2.67. The van der Waals surface area contributed by atoms with Crippen LogP contribution in [0.25, 0.3) is 0 Å². The number of rotatable bonds is 5. The number of carbonyl (C=O) groups is 1. The molecule has 0 amide bonds. The summed E-state index contributed by atoms with van der Waals surface area (Å²) in [6.07, 6.45) is 1.73. The normalized spacial score (nSPS) is 12.1. The van der Waals surface area contributed by atoms with Gasteiger partial charge in [-0.1, -0.05) is 30.3 Å². The Bertz CT molecular complexity index is 539. The van der Waals surface area contributed by atoms with Crippen LogP contribution in [0.5, 0.6) is 0 Å². The zero-order valence-corrected chi connectivity index (χ0v) is 10.7. The topological polar surface area (TPSA) is 82.2 Å². The molecule has 1 aromatic carbocycles. The predicted molar refractivity (Wildman–Crippen MR) is 66.9 cm³/mol. The van der Waals surface area contributed by atoms with E-state index in [0.717, 1.165) is 5.56 Å². The maximum absolute atomic E-state index is 11.7. The molecule has 0 bridgehead atoms. The summed E-state index contributed by atoms with van der Waals surface area (Å²) in [5.74, 6) is -0.0878. The summed E-state index contributed by atoms with van der Waals surface area (Å²) in [4.78, 5) is 11.7. The highest BCUT2D eigenvalue weighted by Gasteiger charge is 2.29. The van der Waals surface area contributed by atoms with Crippen molar-refractivity contribution >= 4 is 11.9 Å². The molecule has 0 spiro atoms. The van der Waals surface area contributed by atoms with Gasteiger partial charge in [-0.2, -0.15) is 0 Å². The zero-order chi connectivity index (χ0) is 13.7. The fourth-order valence-electron chi connectivity index (χ4n) is 1.84. The molecule has 2 aromatic rings. The summed E-state index contributed by atoms with van der Waals surface area (Å²) in [6.45, 7) is 2.13. The third kappa shape index (κ3) is 3.31. The summed E-state index contributed by atoms with van der Waals surface area (Å²) in [5.41, 5.74) is 6.46. The molecule has 1 atom stereocenters. The molecule has 100 valence electrons. The summed E-state index contributed by atoms with van der Waals surface area (Å²) in [6, 6.07) is 9.26. The van der Waals surface area contributed by atoms with Gasteiger partial charge >= 0.3 is 5.97 Å². The quantitative estimate of drug-likeness (QED) is 0.644. The van der Waals surface area contributed by atoms with E-state index in [0.29, 0.717) is 6.61 Å². The maximum Gasteiger partial charge on any atom is 0.313 e. The van der Waals surface area contributed by atoms with Crippen molar-refractivity contribution in [3.63, 3.8) is 0 Å². The number of benzene rings is 1. The molecular formula is C13H16N3O3+. The van der Waals surface area contributed by atoms with Crippen LogP contribution in [0.4, 0.5) is 5.88 Å². The first-order chi connectivity index (χ1) is 9.20. The van der Waals surface area contributed by atoms with Crippen LogP contribution in [-0.4, -0.2) is 17.8 Å². The van der Waals surface area contributed by atoms with E-state index in [2.05, 4.69) is 5.27 Å². The largest absolute Gasteiger partial charge is 0.466 e. The predicted octanol–water partition coefficient (Wildman–Crippen LogP) is 1.09. The lowest BCUT2D eigenvalue weighted by molar-refractivity contribution is -0.776. The van der Waals surface area contributed by atoms with Crippen LogP contribution < -0.4 is 10.4 Å². The first-order valence-electron chi connectivity index (χ1n) is 6.05. The van der Waals surface area contributed by atoms with E-state index in [1.807, 2.05) is 30.3 Å².